The van der Waals surface area contributed by atoms with Crippen LogP contribution >= 0.6 is 0 Å². The van der Waals surface area contributed by atoms with Gasteiger partial charge in [0.05, 0.1) is 12.2 Å². The summed E-state index contributed by atoms with van der Waals surface area (Å²) in [5, 5.41) is 2.56. The number of alkyl halides is 5. The highest BCUT2D eigenvalue weighted by molar-refractivity contribution is 5.94. The van der Waals surface area contributed by atoms with Crippen molar-refractivity contribution in [1.82, 2.24) is 19.4 Å². The van der Waals surface area contributed by atoms with Crippen LogP contribution in [-0.4, -0.2) is 50.9 Å². The summed E-state index contributed by atoms with van der Waals surface area (Å²) in [6.07, 6.45) is -0.279. The fraction of sp³-hybridized carbons (Fsp3) is 0.389. The Kier molecular flexibility index (Phi) is 4.64. The van der Waals surface area contributed by atoms with E-state index in [1.165, 1.54) is 10.6 Å². The summed E-state index contributed by atoms with van der Waals surface area (Å²) in [7, 11) is 0. The minimum atomic E-state index is -4.62. The number of hydrogen-bond donors (Lipinski definition) is 1. The number of pyridine rings is 1. The molecule has 1 saturated heterocycles. The summed E-state index contributed by atoms with van der Waals surface area (Å²) in [5.74, 6) is -3.19. The van der Waals surface area contributed by atoms with Gasteiger partial charge in [-0.1, -0.05) is 6.08 Å². The summed E-state index contributed by atoms with van der Waals surface area (Å²) >= 11 is 0. The Labute approximate surface area is 161 Å². The van der Waals surface area contributed by atoms with Gasteiger partial charge in [0.2, 0.25) is 11.9 Å². The van der Waals surface area contributed by atoms with Crippen molar-refractivity contribution in [2.75, 3.05) is 25.0 Å². The number of carbonyl (C=O) groups excluding carboxylic acids is 1. The molecule has 1 aliphatic heterocycles. The number of likely N-dealkylation sites (tertiary alicyclic amines) is 1. The van der Waals surface area contributed by atoms with Crippen LogP contribution in [0.25, 0.3) is 16.9 Å². The number of aromatic nitrogens is 3. The first-order valence-electron chi connectivity index (χ1n) is 8.88. The van der Waals surface area contributed by atoms with Gasteiger partial charge in [0, 0.05) is 25.9 Å². The molecule has 3 heterocycles. The highest BCUT2D eigenvalue weighted by atomic mass is 19.4. The van der Waals surface area contributed by atoms with Crippen LogP contribution in [0.15, 0.2) is 30.4 Å². The summed E-state index contributed by atoms with van der Waals surface area (Å²) in [4.78, 5) is 21.8. The number of rotatable bonds is 4. The molecule has 0 saturated carbocycles. The molecule has 29 heavy (non-hydrogen) atoms. The number of nitrogens with one attached hydrogen (secondary N) is 1. The molecule has 0 unspecified atom stereocenters. The molecule has 1 N–H and O–H groups in total. The van der Waals surface area contributed by atoms with Crippen molar-refractivity contribution < 1.29 is 26.7 Å². The predicted octanol–water partition coefficient (Wildman–Crippen LogP) is 3.53. The Bertz CT molecular complexity index is 1010. The lowest BCUT2D eigenvalue weighted by Gasteiger charge is -2.31. The first-order valence-corrected chi connectivity index (χ1v) is 8.88. The maximum atomic E-state index is 13.2. The second-order valence-corrected chi connectivity index (χ2v) is 6.94. The molecule has 0 atom stereocenters. The molecule has 6 nitrogen and oxygen atoms in total. The van der Waals surface area contributed by atoms with E-state index in [1.54, 1.807) is 23.1 Å². The quantitative estimate of drug-likeness (QED) is 0.779. The molecular formula is C18H16F5N5O. The highest BCUT2D eigenvalue weighted by Gasteiger charge is 2.35. The largest absolute Gasteiger partial charge is 0.433 e. The van der Waals surface area contributed by atoms with Crippen molar-refractivity contribution in [3.8, 4) is 0 Å². The maximum absolute atomic E-state index is 13.2. The molecule has 1 fully saturated rings. The van der Waals surface area contributed by atoms with Crippen LogP contribution in [0.1, 0.15) is 18.5 Å². The molecule has 154 valence electrons. The van der Waals surface area contributed by atoms with E-state index in [0.29, 0.717) is 5.70 Å². The lowest BCUT2D eigenvalue weighted by Crippen LogP contribution is -2.43. The summed E-state index contributed by atoms with van der Waals surface area (Å²) in [6, 6.07) is 2.01. The fourth-order valence-electron chi connectivity index (χ4n) is 3.18. The van der Waals surface area contributed by atoms with Crippen LogP contribution in [0.2, 0.25) is 0 Å². The van der Waals surface area contributed by atoms with Gasteiger partial charge in [-0.3, -0.25) is 19.6 Å². The van der Waals surface area contributed by atoms with Crippen molar-refractivity contribution >= 4 is 28.7 Å². The molecule has 4 rings (SSSR count). The van der Waals surface area contributed by atoms with Crippen LogP contribution in [0, 0.1) is 0 Å². The average Bonchev–Trinajstić information content (AvgIpc) is 2.92. The first-order chi connectivity index (χ1) is 13.6. The number of carbonyl (C=O) groups is 1. The summed E-state index contributed by atoms with van der Waals surface area (Å²) in [5.41, 5.74) is -0.398. The molecule has 0 radical (unpaired) electrons. The van der Waals surface area contributed by atoms with Gasteiger partial charge in [-0.05, 0) is 24.3 Å². The van der Waals surface area contributed by atoms with E-state index in [4.69, 9.17) is 0 Å². The third-order valence-corrected chi connectivity index (χ3v) is 4.79. The smallest absolute Gasteiger partial charge is 0.294 e. The minimum absolute atomic E-state index is 0.0229. The van der Waals surface area contributed by atoms with Gasteiger partial charge >= 0.3 is 6.18 Å². The van der Waals surface area contributed by atoms with E-state index in [-0.39, 0.29) is 49.6 Å². The number of imidazole rings is 1. The Balaban J connectivity index is 1.57. The number of nitrogens with zero attached hydrogens (tertiary/aromatic N) is 4. The highest BCUT2D eigenvalue weighted by Crippen LogP contribution is 2.32. The molecule has 0 bridgehead atoms. The van der Waals surface area contributed by atoms with Crippen LogP contribution in [0.4, 0.5) is 27.9 Å². The third kappa shape index (κ3) is 4.00. The molecule has 0 aromatic carbocycles. The topological polar surface area (TPSA) is 63.1 Å². The van der Waals surface area contributed by atoms with Gasteiger partial charge in [0.1, 0.15) is 11.2 Å². The first kappa shape index (κ1) is 19.5. The third-order valence-electron chi connectivity index (χ3n) is 4.79. The van der Waals surface area contributed by atoms with Crippen molar-refractivity contribution in [2.45, 2.75) is 24.9 Å². The molecule has 2 aliphatic rings. The lowest BCUT2D eigenvalue weighted by molar-refractivity contribution is -0.141. The van der Waals surface area contributed by atoms with Crippen molar-refractivity contribution in [1.29, 1.82) is 0 Å². The number of hydrogen-bond acceptors (Lipinski definition) is 4. The van der Waals surface area contributed by atoms with Gasteiger partial charge in [0.25, 0.3) is 5.92 Å². The lowest BCUT2D eigenvalue weighted by atomic mass is 10.1. The number of piperidine rings is 1. The van der Waals surface area contributed by atoms with Crippen LogP contribution in [0.3, 0.4) is 0 Å². The number of anilines is 1. The van der Waals surface area contributed by atoms with Gasteiger partial charge in [-0.25, -0.2) is 18.7 Å². The normalized spacial score (nSPS) is 19.1. The van der Waals surface area contributed by atoms with Crippen molar-refractivity contribution in [3.05, 3.63) is 36.1 Å². The van der Waals surface area contributed by atoms with Crippen molar-refractivity contribution in [3.63, 3.8) is 0 Å². The number of amides is 1. The number of halogens is 5. The van der Waals surface area contributed by atoms with E-state index in [2.05, 4.69) is 15.3 Å². The Hall–Kier alpha value is -2.82. The average molecular weight is 413 g/mol. The van der Waals surface area contributed by atoms with E-state index >= 15 is 0 Å². The molecule has 0 spiro atoms. The molecule has 2 aromatic rings. The van der Waals surface area contributed by atoms with E-state index in [1.807, 2.05) is 0 Å². The van der Waals surface area contributed by atoms with Crippen LogP contribution < -0.4 is 5.32 Å². The molecular weight excluding hydrogens is 397 g/mol. The second-order valence-electron chi connectivity index (χ2n) is 6.94. The van der Waals surface area contributed by atoms with Crippen molar-refractivity contribution in [2.24, 2.45) is 0 Å². The van der Waals surface area contributed by atoms with Gasteiger partial charge in [-0.2, -0.15) is 13.2 Å². The molecule has 2 aromatic heterocycles. The zero-order valence-electron chi connectivity index (χ0n) is 15.0. The second kappa shape index (κ2) is 6.90. The fourth-order valence-corrected chi connectivity index (χ4v) is 3.18. The van der Waals surface area contributed by atoms with E-state index in [0.717, 1.165) is 6.07 Å². The van der Waals surface area contributed by atoms with Gasteiger partial charge in [-0.15, -0.1) is 0 Å². The Morgan fingerprint density at radius 3 is 2.45 bits per heavy atom. The SMILES string of the molecule is O=C(CN1CCC(F)(F)CC1)Nc1nc2ccc(C(F)(F)F)nc2n1C1=CC=C1. The van der Waals surface area contributed by atoms with E-state index < -0.39 is 23.7 Å². The standard InChI is InChI=1S/C18H16F5N5O/c19-17(20)6-8-27(9-7-17)10-14(29)26-16-24-12-4-5-13(18(21,22)23)25-15(12)28(16)11-2-1-3-11/h1-5H,6-10H2,(H,24,26,29). The maximum Gasteiger partial charge on any atom is 0.433 e. The number of allylic oxidation sites excluding steroid dienone is 4. The predicted molar refractivity (Wildman–Crippen MR) is 95.2 cm³/mol. The van der Waals surface area contributed by atoms with Crippen LogP contribution in [-0.2, 0) is 11.0 Å². The molecule has 1 aliphatic carbocycles. The monoisotopic (exact) mass is 413 g/mol. The number of fused-ring (bicyclic) bond motifs is 1. The molecule has 1 amide bonds. The summed E-state index contributed by atoms with van der Waals surface area (Å²) in [6.45, 7) is 0.0534. The zero-order valence-corrected chi connectivity index (χ0v) is 15.0. The van der Waals surface area contributed by atoms with E-state index in [9.17, 15) is 26.7 Å². The Morgan fingerprint density at radius 2 is 1.86 bits per heavy atom. The minimum Gasteiger partial charge on any atom is -0.294 e. The summed E-state index contributed by atoms with van der Waals surface area (Å²) < 4.78 is 66.9. The Morgan fingerprint density at radius 1 is 1.17 bits per heavy atom. The van der Waals surface area contributed by atoms with Gasteiger partial charge in [0.15, 0.2) is 5.65 Å². The zero-order chi connectivity index (χ0) is 20.8. The van der Waals surface area contributed by atoms with Gasteiger partial charge < -0.3 is 0 Å². The molecule has 11 heteroatoms. The van der Waals surface area contributed by atoms with Crippen LogP contribution in [0.5, 0.6) is 0 Å².